The molecule has 0 bridgehead atoms. The van der Waals surface area contributed by atoms with Gasteiger partial charge in [-0.05, 0) is 72.6 Å². The number of carbonyl (C=O) groups excluding carboxylic acids is 3. The highest BCUT2D eigenvalue weighted by Crippen LogP contribution is 2.37. The Bertz CT molecular complexity index is 1170. The molecule has 4 rings (SSSR count). The molecule has 0 spiro atoms. The lowest BCUT2D eigenvalue weighted by Crippen LogP contribution is -2.50. The smallest absolute Gasteiger partial charge is 0.303 e. The molecule has 1 heterocycles. The van der Waals surface area contributed by atoms with E-state index in [0.717, 1.165) is 36.0 Å². The number of benzene rings is 2. The normalized spacial score (nSPS) is 19.1. The highest BCUT2D eigenvalue weighted by molar-refractivity contribution is 5.98. The lowest BCUT2D eigenvalue weighted by atomic mass is 9.92. The Hall–Kier alpha value is -3.46. The first kappa shape index (κ1) is 24.7. The molecule has 1 aliphatic heterocycles. The maximum atomic E-state index is 14.4. The molecule has 2 atom stereocenters. The molecular weight excluding hydrogens is 455 g/mol. The third kappa shape index (κ3) is 5.30. The zero-order valence-electron chi connectivity index (χ0n) is 19.8. The summed E-state index contributed by atoms with van der Waals surface area (Å²) in [6.45, 7) is 1.98. The first-order chi connectivity index (χ1) is 16.8. The number of primary amides is 1. The van der Waals surface area contributed by atoms with E-state index in [0.29, 0.717) is 36.3 Å². The van der Waals surface area contributed by atoms with Gasteiger partial charge < -0.3 is 25.3 Å². The number of methoxy groups -OCH3 is 1. The number of esters is 1. The summed E-state index contributed by atoms with van der Waals surface area (Å²) in [5.41, 5.74) is 9.08. The molecular formula is C26H29FN2O6. The number of hydrogen-bond donors (Lipinski definition) is 2. The van der Waals surface area contributed by atoms with E-state index in [-0.39, 0.29) is 18.1 Å². The van der Waals surface area contributed by atoms with Crippen LogP contribution in [0.15, 0.2) is 24.3 Å². The van der Waals surface area contributed by atoms with E-state index in [1.165, 1.54) is 19.1 Å². The highest BCUT2D eigenvalue weighted by Gasteiger charge is 2.32. The van der Waals surface area contributed by atoms with Crippen LogP contribution in [0.1, 0.15) is 62.7 Å². The average molecular weight is 485 g/mol. The number of ether oxygens (including phenoxy) is 3. The minimum atomic E-state index is -0.821. The summed E-state index contributed by atoms with van der Waals surface area (Å²) in [7, 11) is 1.54. The first-order valence-corrected chi connectivity index (χ1v) is 11.6. The van der Waals surface area contributed by atoms with Gasteiger partial charge >= 0.3 is 5.97 Å². The van der Waals surface area contributed by atoms with E-state index in [4.69, 9.17) is 19.9 Å². The summed E-state index contributed by atoms with van der Waals surface area (Å²) in [5, 5.41) is 2.99. The fourth-order valence-electron chi connectivity index (χ4n) is 4.94. The van der Waals surface area contributed by atoms with Crippen molar-refractivity contribution < 1.29 is 33.0 Å². The fourth-order valence-corrected chi connectivity index (χ4v) is 4.94. The minimum Gasteiger partial charge on any atom is -0.496 e. The largest absolute Gasteiger partial charge is 0.496 e. The van der Waals surface area contributed by atoms with Gasteiger partial charge in [-0.15, -0.1) is 0 Å². The van der Waals surface area contributed by atoms with Gasteiger partial charge in [-0.3, -0.25) is 14.4 Å². The molecule has 0 saturated carbocycles. The van der Waals surface area contributed by atoms with Crippen LogP contribution in [0.25, 0.3) is 0 Å². The molecule has 0 aromatic heterocycles. The maximum absolute atomic E-state index is 14.4. The van der Waals surface area contributed by atoms with Crippen LogP contribution >= 0.6 is 0 Å². The monoisotopic (exact) mass is 484 g/mol. The Labute approximate surface area is 202 Å². The van der Waals surface area contributed by atoms with Crippen LogP contribution in [0.3, 0.4) is 0 Å². The van der Waals surface area contributed by atoms with Gasteiger partial charge in [0.05, 0.1) is 30.9 Å². The molecule has 2 aromatic carbocycles. The molecule has 1 aliphatic carbocycles. The lowest BCUT2D eigenvalue weighted by molar-refractivity contribution is -0.154. The van der Waals surface area contributed by atoms with Crippen LogP contribution < -0.4 is 15.8 Å². The van der Waals surface area contributed by atoms with Crippen LogP contribution in [0.4, 0.5) is 4.39 Å². The molecule has 0 radical (unpaired) electrons. The minimum absolute atomic E-state index is 0.160. The lowest BCUT2D eigenvalue weighted by Gasteiger charge is -2.31. The Morgan fingerprint density at radius 3 is 2.63 bits per heavy atom. The number of nitrogens with one attached hydrogen (secondary N) is 1. The Morgan fingerprint density at radius 2 is 1.94 bits per heavy atom. The number of amides is 2. The Balaban J connectivity index is 1.65. The second-order valence-corrected chi connectivity index (χ2v) is 8.87. The predicted octanol–water partition coefficient (Wildman–Crippen LogP) is 2.46. The Morgan fingerprint density at radius 1 is 1.17 bits per heavy atom. The highest BCUT2D eigenvalue weighted by atomic mass is 19.1. The standard InChI is InChI=1S/C26H29FN2O6/c1-14(30)35-23-13-34-9-8-22(23)29-26(32)20-12-16(17-4-3-5-18(17)24(20)33-2)10-15-6-7-19(25(28)31)21(27)11-15/h6-7,11-12,22-23H,3-5,8-10,13H2,1-2H3,(H2,28,31)(H,29,32)/t22-,23-/m0/s1. The SMILES string of the molecule is COc1c(C(=O)N[C@H]2CCOC[C@@H]2OC(C)=O)cc(Cc2ccc(C(N)=O)c(F)c2)c2c1CCC2. The zero-order valence-corrected chi connectivity index (χ0v) is 19.8. The van der Waals surface area contributed by atoms with Gasteiger partial charge in [0.15, 0.2) is 0 Å². The van der Waals surface area contributed by atoms with E-state index in [1.807, 2.05) is 0 Å². The summed E-state index contributed by atoms with van der Waals surface area (Å²) in [4.78, 5) is 36.3. The van der Waals surface area contributed by atoms with Crippen molar-refractivity contribution in [3.8, 4) is 5.75 Å². The van der Waals surface area contributed by atoms with E-state index in [2.05, 4.69) is 5.32 Å². The summed E-state index contributed by atoms with van der Waals surface area (Å²) in [6.07, 6.45) is 2.85. The molecule has 0 unspecified atom stereocenters. The van der Waals surface area contributed by atoms with Gasteiger partial charge in [0, 0.05) is 13.5 Å². The van der Waals surface area contributed by atoms with Crippen molar-refractivity contribution in [3.05, 3.63) is 63.5 Å². The molecule has 1 saturated heterocycles. The van der Waals surface area contributed by atoms with E-state index >= 15 is 0 Å². The number of nitrogens with two attached hydrogens (primary N) is 1. The van der Waals surface area contributed by atoms with E-state index in [1.54, 1.807) is 19.2 Å². The topological polar surface area (TPSA) is 117 Å². The van der Waals surface area contributed by atoms with Crippen LogP contribution in [0.2, 0.25) is 0 Å². The predicted molar refractivity (Wildman–Crippen MR) is 125 cm³/mol. The molecule has 186 valence electrons. The van der Waals surface area contributed by atoms with Crippen molar-refractivity contribution in [3.63, 3.8) is 0 Å². The number of rotatable bonds is 7. The van der Waals surface area contributed by atoms with Gasteiger partial charge in [-0.25, -0.2) is 4.39 Å². The number of carbonyl (C=O) groups is 3. The Kier molecular flexibility index (Phi) is 7.35. The third-order valence-electron chi connectivity index (χ3n) is 6.52. The van der Waals surface area contributed by atoms with Crippen LogP contribution in [-0.4, -0.2) is 50.3 Å². The van der Waals surface area contributed by atoms with Crippen LogP contribution in [0.5, 0.6) is 5.75 Å². The first-order valence-electron chi connectivity index (χ1n) is 11.6. The second-order valence-electron chi connectivity index (χ2n) is 8.87. The molecule has 9 heteroatoms. The van der Waals surface area contributed by atoms with E-state index < -0.39 is 29.8 Å². The molecule has 2 aliphatic rings. The van der Waals surface area contributed by atoms with Gasteiger partial charge in [0.25, 0.3) is 11.8 Å². The average Bonchev–Trinajstić information content (AvgIpc) is 3.30. The zero-order chi connectivity index (χ0) is 25.1. The molecule has 1 fully saturated rings. The third-order valence-corrected chi connectivity index (χ3v) is 6.52. The molecule has 3 N–H and O–H groups in total. The van der Waals surface area contributed by atoms with Crippen LogP contribution in [0, 0.1) is 5.82 Å². The van der Waals surface area contributed by atoms with Crippen molar-refractivity contribution in [1.29, 1.82) is 0 Å². The van der Waals surface area contributed by atoms with Crippen molar-refractivity contribution in [2.24, 2.45) is 5.73 Å². The second kappa shape index (κ2) is 10.4. The van der Waals surface area contributed by atoms with Crippen molar-refractivity contribution in [1.82, 2.24) is 5.32 Å². The number of halogens is 1. The fraction of sp³-hybridized carbons (Fsp3) is 0.423. The van der Waals surface area contributed by atoms with Crippen molar-refractivity contribution in [2.45, 2.75) is 51.2 Å². The summed E-state index contributed by atoms with van der Waals surface area (Å²) >= 11 is 0. The van der Waals surface area contributed by atoms with Gasteiger partial charge in [0.2, 0.25) is 0 Å². The number of hydrogen-bond acceptors (Lipinski definition) is 6. The quantitative estimate of drug-likeness (QED) is 0.583. The summed E-state index contributed by atoms with van der Waals surface area (Å²) in [5.74, 6) is -1.73. The van der Waals surface area contributed by atoms with Gasteiger partial charge in [-0.2, -0.15) is 0 Å². The summed E-state index contributed by atoms with van der Waals surface area (Å²) < 4.78 is 30.8. The van der Waals surface area contributed by atoms with Crippen molar-refractivity contribution >= 4 is 17.8 Å². The van der Waals surface area contributed by atoms with Crippen LogP contribution in [-0.2, 0) is 33.5 Å². The maximum Gasteiger partial charge on any atom is 0.303 e. The van der Waals surface area contributed by atoms with E-state index in [9.17, 15) is 18.8 Å². The molecule has 2 amide bonds. The molecule has 8 nitrogen and oxygen atoms in total. The summed E-state index contributed by atoms with van der Waals surface area (Å²) in [6, 6.07) is 5.75. The molecule has 2 aromatic rings. The van der Waals surface area contributed by atoms with Gasteiger partial charge in [0.1, 0.15) is 17.7 Å². The van der Waals surface area contributed by atoms with Gasteiger partial charge in [-0.1, -0.05) is 6.07 Å². The number of fused-ring (bicyclic) bond motifs is 1. The van der Waals surface area contributed by atoms with Crippen molar-refractivity contribution in [2.75, 3.05) is 20.3 Å². The molecule has 35 heavy (non-hydrogen) atoms.